The maximum Gasteiger partial charge on any atom is 0.272 e. The lowest BCUT2D eigenvalue weighted by molar-refractivity contribution is 0.721. The molecule has 5 heteroatoms. The summed E-state index contributed by atoms with van der Waals surface area (Å²) in [7, 11) is 0. The Kier molecular flexibility index (Phi) is 2.70. The minimum absolute atomic E-state index is 0.0196. The third kappa shape index (κ3) is 1.84. The van der Waals surface area contributed by atoms with Crippen LogP contribution in [-0.2, 0) is 0 Å². The monoisotopic (exact) mass is 246 g/mol. The SMILES string of the molecule is CC(C)c1cc2nc(C3CCNC3)cc(=O)n2[nH]1. The van der Waals surface area contributed by atoms with E-state index in [0.29, 0.717) is 11.8 Å². The predicted octanol–water partition coefficient (Wildman–Crippen LogP) is 1.22. The van der Waals surface area contributed by atoms with Gasteiger partial charge in [0.25, 0.3) is 5.56 Å². The van der Waals surface area contributed by atoms with Crippen molar-refractivity contribution in [3.8, 4) is 0 Å². The average Bonchev–Trinajstić information content (AvgIpc) is 2.97. The molecule has 1 atom stereocenters. The van der Waals surface area contributed by atoms with Crippen LogP contribution in [-0.4, -0.2) is 27.7 Å². The van der Waals surface area contributed by atoms with E-state index >= 15 is 0 Å². The van der Waals surface area contributed by atoms with Crippen molar-refractivity contribution in [2.45, 2.75) is 32.1 Å². The number of nitrogens with one attached hydrogen (secondary N) is 2. The molecule has 0 spiro atoms. The summed E-state index contributed by atoms with van der Waals surface area (Å²) in [6.07, 6.45) is 1.06. The van der Waals surface area contributed by atoms with E-state index in [4.69, 9.17) is 0 Å². The third-order valence-electron chi connectivity index (χ3n) is 3.59. The first-order valence-electron chi connectivity index (χ1n) is 6.48. The molecule has 1 aliphatic rings. The van der Waals surface area contributed by atoms with Crippen LogP contribution in [0.25, 0.3) is 5.65 Å². The molecule has 3 rings (SSSR count). The van der Waals surface area contributed by atoms with Crippen molar-refractivity contribution in [2.75, 3.05) is 13.1 Å². The maximum absolute atomic E-state index is 12.1. The maximum atomic E-state index is 12.1. The van der Waals surface area contributed by atoms with Gasteiger partial charge in [-0.25, -0.2) is 9.50 Å². The van der Waals surface area contributed by atoms with Crippen molar-refractivity contribution in [1.29, 1.82) is 0 Å². The van der Waals surface area contributed by atoms with Gasteiger partial charge in [0.2, 0.25) is 0 Å². The molecule has 3 heterocycles. The molecule has 2 N–H and O–H groups in total. The number of fused-ring (bicyclic) bond motifs is 1. The van der Waals surface area contributed by atoms with Gasteiger partial charge in [-0.2, -0.15) is 0 Å². The van der Waals surface area contributed by atoms with Crippen LogP contribution >= 0.6 is 0 Å². The first-order valence-corrected chi connectivity index (χ1v) is 6.48. The van der Waals surface area contributed by atoms with Crippen molar-refractivity contribution in [3.05, 3.63) is 33.9 Å². The molecule has 18 heavy (non-hydrogen) atoms. The fraction of sp³-hybridized carbons (Fsp3) is 0.538. The Morgan fingerprint density at radius 3 is 2.94 bits per heavy atom. The number of nitrogens with zero attached hydrogens (tertiary/aromatic N) is 2. The van der Waals surface area contributed by atoms with Gasteiger partial charge in [-0.3, -0.25) is 9.89 Å². The van der Waals surface area contributed by atoms with Crippen LogP contribution in [0.4, 0.5) is 0 Å². The number of rotatable bonds is 2. The molecule has 1 saturated heterocycles. The summed E-state index contributed by atoms with van der Waals surface area (Å²) in [6.45, 7) is 6.12. The fourth-order valence-electron chi connectivity index (χ4n) is 2.44. The van der Waals surface area contributed by atoms with Crippen molar-refractivity contribution < 1.29 is 0 Å². The molecular weight excluding hydrogens is 228 g/mol. The van der Waals surface area contributed by atoms with Crippen LogP contribution in [0.2, 0.25) is 0 Å². The Morgan fingerprint density at radius 1 is 1.44 bits per heavy atom. The summed E-state index contributed by atoms with van der Waals surface area (Å²) in [5.41, 5.74) is 2.67. The molecule has 0 aromatic carbocycles. The highest BCUT2D eigenvalue weighted by Crippen LogP contribution is 2.20. The Morgan fingerprint density at radius 2 is 2.28 bits per heavy atom. The Hall–Kier alpha value is -1.62. The van der Waals surface area contributed by atoms with Gasteiger partial charge in [0.1, 0.15) is 0 Å². The summed E-state index contributed by atoms with van der Waals surface area (Å²) in [4.78, 5) is 16.7. The van der Waals surface area contributed by atoms with Crippen LogP contribution in [0, 0.1) is 0 Å². The molecule has 2 aromatic rings. The van der Waals surface area contributed by atoms with Crippen LogP contribution in [0.15, 0.2) is 16.9 Å². The third-order valence-corrected chi connectivity index (χ3v) is 3.59. The zero-order valence-corrected chi connectivity index (χ0v) is 10.7. The highest BCUT2D eigenvalue weighted by Gasteiger charge is 2.19. The minimum atomic E-state index is -0.0196. The van der Waals surface area contributed by atoms with Gasteiger partial charge in [0.05, 0.1) is 5.69 Å². The van der Waals surface area contributed by atoms with Gasteiger partial charge in [0, 0.05) is 30.3 Å². The smallest absolute Gasteiger partial charge is 0.272 e. The van der Waals surface area contributed by atoms with Crippen molar-refractivity contribution in [1.82, 2.24) is 19.9 Å². The predicted molar refractivity (Wildman–Crippen MR) is 70.1 cm³/mol. The Balaban J connectivity index is 2.11. The lowest BCUT2D eigenvalue weighted by Gasteiger charge is -2.06. The highest BCUT2D eigenvalue weighted by atomic mass is 16.1. The van der Waals surface area contributed by atoms with E-state index in [0.717, 1.165) is 36.5 Å². The molecule has 1 unspecified atom stereocenters. The van der Waals surface area contributed by atoms with E-state index in [1.165, 1.54) is 4.52 Å². The number of hydrogen-bond donors (Lipinski definition) is 2. The molecular formula is C13H18N4O. The fourth-order valence-corrected chi connectivity index (χ4v) is 2.44. The quantitative estimate of drug-likeness (QED) is 0.837. The average molecular weight is 246 g/mol. The van der Waals surface area contributed by atoms with E-state index in [1.54, 1.807) is 6.07 Å². The second-order valence-corrected chi connectivity index (χ2v) is 5.27. The van der Waals surface area contributed by atoms with Crippen molar-refractivity contribution >= 4 is 5.65 Å². The van der Waals surface area contributed by atoms with E-state index in [9.17, 15) is 4.79 Å². The zero-order valence-electron chi connectivity index (χ0n) is 10.7. The van der Waals surface area contributed by atoms with Gasteiger partial charge < -0.3 is 5.32 Å². The molecule has 0 bridgehead atoms. The zero-order chi connectivity index (χ0) is 12.7. The van der Waals surface area contributed by atoms with Gasteiger partial charge in [0.15, 0.2) is 5.65 Å². The first-order chi connectivity index (χ1) is 8.65. The van der Waals surface area contributed by atoms with E-state index < -0.39 is 0 Å². The second-order valence-electron chi connectivity index (χ2n) is 5.27. The molecule has 1 aliphatic heterocycles. The van der Waals surface area contributed by atoms with E-state index in [-0.39, 0.29) is 5.56 Å². The largest absolute Gasteiger partial charge is 0.316 e. The van der Waals surface area contributed by atoms with Crippen LogP contribution < -0.4 is 10.9 Å². The molecule has 5 nitrogen and oxygen atoms in total. The summed E-state index contributed by atoms with van der Waals surface area (Å²) in [5.74, 6) is 0.739. The summed E-state index contributed by atoms with van der Waals surface area (Å²) in [5, 5.41) is 6.41. The van der Waals surface area contributed by atoms with Crippen molar-refractivity contribution in [2.24, 2.45) is 0 Å². The van der Waals surface area contributed by atoms with Crippen LogP contribution in [0.5, 0.6) is 0 Å². The molecule has 2 aromatic heterocycles. The van der Waals surface area contributed by atoms with E-state index in [2.05, 4.69) is 29.2 Å². The lowest BCUT2D eigenvalue weighted by atomic mass is 10.1. The van der Waals surface area contributed by atoms with Gasteiger partial charge in [-0.1, -0.05) is 13.8 Å². The first kappa shape index (κ1) is 11.5. The molecule has 0 radical (unpaired) electrons. The summed E-state index contributed by atoms with van der Waals surface area (Å²) in [6, 6.07) is 3.63. The molecule has 96 valence electrons. The Labute approximate surface area is 105 Å². The molecule has 1 fully saturated rings. The standard InChI is InChI=1S/C13H18N4O/c1-8(2)10-5-12-15-11(9-3-4-14-7-9)6-13(18)17(12)16-10/h5-6,8-9,14,16H,3-4,7H2,1-2H3. The summed E-state index contributed by atoms with van der Waals surface area (Å²) >= 11 is 0. The second kappa shape index (κ2) is 4.24. The molecule has 0 amide bonds. The van der Waals surface area contributed by atoms with Crippen LogP contribution in [0.1, 0.15) is 43.5 Å². The number of aromatic amines is 1. The normalized spacial score (nSPS) is 20.1. The molecule has 0 aliphatic carbocycles. The van der Waals surface area contributed by atoms with E-state index in [1.807, 2.05) is 6.07 Å². The Bertz CT molecular complexity index is 619. The number of hydrogen-bond acceptors (Lipinski definition) is 3. The highest BCUT2D eigenvalue weighted by molar-refractivity contribution is 5.41. The minimum Gasteiger partial charge on any atom is -0.316 e. The van der Waals surface area contributed by atoms with Crippen LogP contribution in [0.3, 0.4) is 0 Å². The van der Waals surface area contributed by atoms with Crippen molar-refractivity contribution in [3.63, 3.8) is 0 Å². The number of aromatic nitrogens is 3. The topological polar surface area (TPSA) is 62.2 Å². The lowest BCUT2D eigenvalue weighted by Crippen LogP contribution is -2.18. The van der Waals surface area contributed by atoms with Gasteiger partial charge in [-0.15, -0.1) is 0 Å². The van der Waals surface area contributed by atoms with Gasteiger partial charge >= 0.3 is 0 Å². The molecule has 0 saturated carbocycles. The number of H-pyrrole nitrogens is 1. The van der Waals surface area contributed by atoms with Gasteiger partial charge in [-0.05, 0) is 18.9 Å². The summed E-state index contributed by atoms with van der Waals surface area (Å²) < 4.78 is 1.53.